The van der Waals surface area contributed by atoms with E-state index in [1.54, 1.807) is 0 Å². The molecule has 0 aromatic heterocycles. The molecule has 0 radical (unpaired) electrons. The number of ether oxygens (including phenoxy) is 1. The van der Waals surface area contributed by atoms with Gasteiger partial charge in [0.2, 0.25) is 0 Å². The molecule has 0 bridgehead atoms. The van der Waals surface area contributed by atoms with Gasteiger partial charge in [-0.25, -0.2) is 0 Å². The maximum atomic E-state index is 9.57. The van der Waals surface area contributed by atoms with Crippen LogP contribution in [0.25, 0.3) is 0 Å². The number of aliphatic hydroxyl groups is 1. The van der Waals surface area contributed by atoms with Crippen molar-refractivity contribution in [2.45, 2.75) is 44.3 Å². The fourth-order valence-corrected chi connectivity index (χ4v) is 2.08. The molecule has 5 heteroatoms. The first kappa shape index (κ1) is 11.2. The maximum absolute atomic E-state index is 9.57. The highest BCUT2D eigenvalue weighted by Crippen LogP contribution is 2.19. The highest BCUT2D eigenvalue weighted by molar-refractivity contribution is 6.69. The van der Waals surface area contributed by atoms with Crippen molar-refractivity contribution < 1.29 is 14.3 Å². The summed E-state index contributed by atoms with van der Waals surface area (Å²) in [6, 6.07) is 0.172. The largest absolute Gasteiger partial charge is 0.415 e. The maximum Gasteiger partial charge on any atom is 0.183 e. The van der Waals surface area contributed by atoms with Crippen molar-refractivity contribution in [3.05, 3.63) is 0 Å². The van der Waals surface area contributed by atoms with E-state index in [0.717, 1.165) is 6.42 Å². The second-order valence-corrected chi connectivity index (χ2v) is 9.22. The summed E-state index contributed by atoms with van der Waals surface area (Å²) >= 11 is 0. The van der Waals surface area contributed by atoms with Crippen LogP contribution >= 0.6 is 0 Å². The van der Waals surface area contributed by atoms with Gasteiger partial charge in [-0.05, 0) is 26.1 Å². The number of rotatable bonds is 3. The standard InChI is InChI=1S/C8H19BO3Si/c1-13(2,3)11-5-7-6(10)4-8(9)12-7/h6-8,10H,4-5,9H2,1-3H3/t6-,7-,8-/m1/s1. The molecule has 1 fully saturated rings. The summed E-state index contributed by atoms with van der Waals surface area (Å²) < 4.78 is 11.2. The summed E-state index contributed by atoms with van der Waals surface area (Å²) in [5.41, 5.74) is 0. The second-order valence-electron chi connectivity index (χ2n) is 4.71. The van der Waals surface area contributed by atoms with E-state index in [4.69, 9.17) is 9.16 Å². The van der Waals surface area contributed by atoms with Gasteiger partial charge in [0.1, 0.15) is 14.0 Å². The molecule has 0 saturated carbocycles. The van der Waals surface area contributed by atoms with Crippen LogP contribution in [-0.2, 0) is 9.16 Å². The van der Waals surface area contributed by atoms with Crippen LogP contribution in [0.15, 0.2) is 0 Å². The molecule has 1 rings (SSSR count). The van der Waals surface area contributed by atoms with Gasteiger partial charge in [0.25, 0.3) is 0 Å². The van der Waals surface area contributed by atoms with Crippen LogP contribution in [0, 0.1) is 0 Å². The molecule has 1 saturated heterocycles. The van der Waals surface area contributed by atoms with E-state index >= 15 is 0 Å². The zero-order valence-electron chi connectivity index (χ0n) is 8.91. The highest BCUT2D eigenvalue weighted by Gasteiger charge is 2.32. The normalized spacial score (nSPS) is 35.2. The lowest BCUT2D eigenvalue weighted by molar-refractivity contribution is 0.000677. The van der Waals surface area contributed by atoms with Crippen molar-refractivity contribution >= 4 is 16.2 Å². The Labute approximate surface area is 82.0 Å². The van der Waals surface area contributed by atoms with Crippen molar-refractivity contribution in [2.24, 2.45) is 0 Å². The first-order valence-corrected chi connectivity index (χ1v) is 8.27. The van der Waals surface area contributed by atoms with Gasteiger partial charge in [0, 0.05) is 6.00 Å². The van der Waals surface area contributed by atoms with E-state index in [2.05, 4.69) is 19.6 Å². The van der Waals surface area contributed by atoms with Crippen LogP contribution in [-0.4, -0.2) is 46.1 Å². The minimum Gasteiger partial charge on any atom is -0.415 e. The molecule has 0 spiro atoms. The third-order valence-corrected chi connectivity index (χ3v) is 3.12. The molecule has 1 aliphatic rings. The molecule has 13 heavy (non-hydrogen) atoms. The predicted molar refractivity (Wildman–Crippen MR) is 57.1 cm³/mol. The summed E-state index contributed by atoms with van der Waals surface area (Å²) in [6.07, 6.45) is 0.285. The Morgan fingerprint density at radius 3 is 2.54 bits per heavy atom. The Morgan fingerprint density at radius 1 is 1.54 bits per heavy atom. The van der Waals surface area contributed by atoms with Crippen molar-refractivity contribution in [1.82, 2.24) is 0 Å². The minimum absolute atomic E-state index is 0.110. The molecule has 1 heterocycles. The lowest BCUT2D eigenvalue weighted by Crippen LogP contribution is -2.34. The average molecular weight is 202 g/mol. The van der Waals surface area contributed by atoms with Gasteiger partial charge in [-0.3, -0.25) is 0 Å². The third kappa shape index (κ3) is 3.81. The Kier molecular flexibility index (Phi) is 3.57. The number of hydrogen-bond donors (Lipinski definition) is 1. The lowest BCUT2D eigenvalue weighted by Gasteiger charge is -2.21. The minimum atomic E-state index is -1.47. The van der Waals surface area contributed by atoms with E-state index in [-0.39, 0.29) is 18.2 Å². The van der Waals surface area contributed by atoms with Crippen LogP contribution in [0.5, 0.6) is 0 Å². The summed E-state index contributed by atoms with van der Waals surface area (Å²) in [4.78, 5) is 0. The van der Waals surface area contributed by atoms with Gasteiger partial charge < -0.3 is 14.3 Å². The van der Waals surface area contributed by atoms with Crippen LogP contribution in [0.4, 0.5) is 0 Å². The molecular formula is C8H19BO3Si. The lowest BCUT2D eigenvalue weighted by atomic mass is 9.96. The summed E-state index contributed by atoms with van der Waals surface area (Å²) in [5.74, 6) is 0. The molecule has 3 nitrogen and oxygen atoms in total. The molecule has 1 N–H and O–H groups in total. The Balaban J connectivity index is 2.30. The van der Waals surface area contributed by atoms with Crippen molar-refractivity contribution in [3.8, 4) is 0 Å². The fraction of sp³-hybridized carbons (Fsp3) is 1.00. The van der Waals surface area contributed by atoms with Crippen molar-refractivity contribution in [1.29, 1.82) is 0 Å². The van der Waals surface area contributed by atoms with E-state index in [0.29, 0.717) is 6.61 Å². The average Bonchev–Trinajstić information content (AvgIpc) is 2.24. The first-order valence-electron chi connectivity index (χ1n) is 4.86. The Bertz CT molecular complexity index is 171. The number of aliphatic hydroxyl groups excluding tert-OH is 1. The van der Waals surface area contributed by atoms with Crippen molar-refractivity contribution in [2.75, 3.05) is 6.61 Å². The SMILES string of the molecule is B[C@H]1C[C@@H](O)[C@@H](CO[Si](C)(C)C)O1. The van der Waals surface area contributed by atoms with E-state index in [1.165, 1.54) is 0 Å². The zero-order valence-corrected chi connectivity index (χ0v) is 9.91. The van der Waals surface area contributed by atoms with Gasteiger partial charge in [0.05, 0.1) is 12.7 Å². The van der Waals surface area contributed by atoms with Crippen LogP contribution in [0.2, 0.25) is 19.6 Å². The first-order chi connectivity index (χ1) is 5.88. The molecule has 0 amide bonds. The summed E-state index contributed by atoms with van der Waals surface area (Å²) in [7, 11) is 0.516. The fourth-order valence-electron chi connectivity index (χ4n) is 1.42. The third-order valence-electron chi connectivity index (χ3n) is 2.09. The quantitative estimate of drug-likeness (QED) is 0.652. The summed E-state index contributed by atoms with van der Waals surface area (Å²) in [6.45, 7) is 6.95. The van der Waals surface area contributed by atoms with E-state index in [1.807, 2.05) is 7.85 Å². The topological polar surface area (TPSA) is 38.7 Å². The van der Waals surface area contributed by atoms with E-state index in [9.17, 15) is 5.11 Å². The van der Waals surface area contributed by atoms with Gasteiger partial charge in [-0.2, -0.15) is 0 Å². The van der Waals surface area contributed by atoms with Crippen LogP contribution in [0.1, 0.15) is 6.42 Å². The number of hydrogen-bond acceptors (Lipinski definition) is 3. The molecular weight excluding hydrogens is 183 g/mol. The smallest absolute Gasteiger partial charge is 0.183 e. The van der Waals surface area contributed by atoms with Gasteiger partial charge in [-0.1, -0.05) is 0 Å². The molecule has 3 atom stereocenters. The Morgan fingerprint density at radius 2 is 2.15 bits per heavy atom. The van der Waals surface area contributed by atoms with E-state index < -0.39 is 8.32 Å². The molecule has 1 aliphatic heterocycles. The van der Waals surface area contributed by atoms with Gasteiger partial charge in [-0.15, -0.1) is 0 Å². The highest BCUT2D eigenvalue weighted by atomic mass is 28.4. The molecule has 0 aromatic carbocycles. The molecule has 0 unspecified atom stereocenters. The predicted octanol–water partition coefficient (Wildman–Crippen LogP) is -0.0531. The summed E-state index contributed by atoms with van der Waals surface area (Å²) in [5, 5.41) is 9.57. The van der Waals surface area contributed by atoms with Crippen LogP contribution < -0.4 is 0 Å². The van der Waals surface area contributed by atoms with Crippen LogP contribution in [0.3, 0.4) is 0 Å². The van der Waals surface area contributed by atoms with Gasteiger partial charge in [0.15, 0.2) is 8.32 Å². The second kappa shape index (κ2) is 4.13. The zero-order chi connectivity index (χ0) is 10.1. The monoisotopic (exact) mass is 202 g/mol. The van der Waals surface area contributed by atoms with Gasteiger partial charge >= 0.3 is 0 Å². The molecule has 0 aliphatic carbocycles. The van der Waals surface area contributed by atoms with Crippen molar-refractivity contribution in [3.63, 3.8) is 0 Å². The Hall–Kier alpha value is 0.162. The molecule has 0 aromatic rings. The molecule has 76 valence electrons.